The first-order valence-corrected chi connectivity index (χ1v) is 9.06. The fraction of sp³-hybridized carbons (Fsp3) is 0.941. The first-order valence-electron chi connectivity index (χ1n) is 9.06. The molecule has 0 spiro atoms. The van der Waals surface area contributed by atoms with E-state index < -0.39 is 0 Å². The molecule has 0 aromatic rings. The van der Waals surface area contributed by atoms with Crippen molar-refractivity contribution in [1.29, 1.82) is 0 Å². The minimum atomic E-state index is 0. The van der Waals surface area contributed by atoms with Crippen molar-refractivity contribution >= 4 is 29.9 Å². The molecule has 0 radical (unpaired) electrons. The molecule has 1 saturated heterocycles. The number of nitrogens with zero attached hydrogens (tertiary/aromatic N) is 2. The Morgan fingerprint density at radius 1 is 1.22 bits per heavy atom. The lowest BCUT2D eigenvalue weighted by molar-refractivity contribution is 0.123. The normalized spacial score (nSPS) is 22.5. The monoisotopic (exact) mass is 438 g/mol. The fourth-order valence-corrected chi connectivity index (χ4v) is 2.90. The van der Waals surface area contributed by atoms with Gasteiger partial charge in [-0.3, -0.25) is 4.99 Å². The predicted molar refractivity (Wildman–Crippen MR) is 108 cm³/mol. The Hall–Kier alpha value is -0.0800. The van der Waals surface area contributed by atoms with Crippen molar-refractivity contribution in [3.05, 3.63) is 0 Å². The molecule has 136 valence electrons. The number of hydrogen-bond acceptors (Lipinski definition) is 3. The SMILES string of the molecule is CCNC(=NCC1CCCN(C)C1)NCCCOCC1CC1.I. The van der Waals surface area contributed by atoms with Gasteiger partial charge in [0.15, 0.2) is 5.96 Å². The molecule has 2 fully saturated rings. The first kappa shape index (κ1) is 21.0. The lowest BCUT2D eigenvalue weighted by Gasteiger charge is -2.28. The summed E-state index contributed by atoms with van der Waals surface area (Å²) < 4.78 is 5.66. The number of halogens is 1. The van der Waals surface area contributed by atoms with Crippen molar-refractivity contribution in [3.8, 4) is 0 Å². The molecule has 1 saturated carbocycles. The topological polar surface area (TPSA) is 48.9 Å². The maximum atomic E-state index is 5.66. The van der Waals surface area contributed by atoms with Crippen molar-refractivity contribution in [2.75, 3.05) is 53.0 Å². The van der Waals surface area contributed by atoms with Crippen LogP contribution in [0, 0.1) is 11.8 Å². The zero-order valence-electron chi connectivity index (χ0n) is 14.9. The van der Waals surface area contributed by atoms with Gasteiger partial charge in [0.05, 0.1) is 0 Å². The smallest absolute Gasteiger partial charge is 0.191 e. The van der Waals surface area contributed by atoms with Gasteiger partial charge in [-0.1, -0.05) is 0 Å². The molecule has 2 N–H and O–H groups in total. The minimum absolute atomic E-state index is 0. The van der Waals surface area contributed by atoms with Gasteiger partial charge in [-0.25, -0.2) is 0 Å². The zero-order chi connectivity index (χ0) is 15.6. The highest BCUT2D eigenvalue weighted by Gasteiger charge is 2.20. The van der Waals surface area contributed by atoms with Gasteiger partial charge in [-0.05, 0) is 64.5 Å². The second-order valence-corrected chi connectivity index (χ2v) is 6.79. The van der Waals surface area contributed by atoms with Gasteiger partial charge in [0.2, 0.25) is 0 Å². The molecule has 23 heavy (non-hydrogen) atoms. The molecule has 1 aliphatic carbocycles. The van der Waals surface area contributed by atoms with Crippen LogP contribution in [0.1, 0.15) is 39.0 Å². The summed E-state index contributed by atoms with van der Waals surface area (Å²) >= 11 is 0. The maximum absolute atomic E-state index is 5.66. The molecular weight excluding hydrogens is 403 g/mol. The average Bonchev–Trinajstić information content (AvgIpc) is 3.32. The van der Waals surface area contributed by atoms with Crippen LogP contribution in [-0.4, -0.2) is 63.8 Å². The summed E-state index contributed by atoms with van der Waals surface area (Å²) in [6, 6.07) is 0. The Kier molecular flexibility index (Phi) is 11.2. The molecular formula is C17H35IN4O. The first-order chi connectivity index (χ1) is 10.8. The zero-order valence-corrected chi connectivity index (χ0v) is 17.2. The van der Waals surface area contributed by atoms with Gasteiger partial charge in [0.1, 0.15) is 0 Å². The molecule has 0 aromatic carbocycles. The van der Waals surface area contributed by atoms with Gasteiger partial charge in [0.25, 0.3) is 0 Å². The number of guanidine groups is 1. The van der Waals surface area contributed by atoms with Crippen molar-refractivity contribution in [3.63, 3.8) is 0 Å². The van der Waals surface area contributed by atoms with E-state index in [1.165, 1.54) is 38.8 Å². The van der Waals surface area contributed by atoms with Gasteiger partial charge in [-0.15, -0.1) is 24.0 Å². The number of likely N-dealkylation sites (tertiary alicyclic amines) is 1. The van der Waals surface area contributed by atoms with E-state index in [4.69, 9.17) is 9.73 Å². The maximum Gasteiger partial charge on any atom is 0.191 e. The van der Waals surface area contributed by atoms with E-state index in [1.54, 1.807) is 0 Å². The third kappa shape index (κ3) is 9.72. The van der Waals surface area contributed by atoms with E-state index in [-0.39, 0.29) is 24.0 Å². The van der Waals surface area contributed by atoms with Crippen LogP contribution >= 0.6 is 24.0 Å². The largest absolute Gasteiger partial charge is 0.381 e. The van der Waals surface area contributed by atoms with E-state index in [2.05, 4.69) is 29.5 Å². The highest BCUT2D eigenvalue weighted by atomic mass is 127. The van der Waals surface area contributed by atoms with E-state index >= 15 is 0 Å². The molecule has 2 rings (SSSR count). The third-order valence-electron chi connectivity index (χ3n) is 4.38. The summed E-state index contributed by atoms with van der Waals surface area (Å²) in [5, 5.41) is 6.76. The van der Waals surface area contributed by atoms with E-state index in [0.717, 1.165) is 51.1 Å². The predicted octanol–water partition coefficient (Wildman–Crippen LogP) is 2.32. The molecule has 0 bridgehead atoms. The third-order valence-corrected chi connectivity index (χ3v) is 4.38. The second-order valence-electron chi connectivity index (χ2n) is 6.79. The van der Waals surface area contributed by atoms with Crippen molar-refractivity contribution in [2.45, 2.75) is 39.0 Å². The molecule has 1 unspecified atom stereocenters. The number of ether oxygens (including phenoxy) is 1. The lowest BCUT2D eigenvalue weighted by atomic mass is 9.99. The van der Waals surface area contributed by atoms with Crippen LogP contribution in [0.4, 0.5) is 0 Å². The summed E-state index contributed by atoms with van der Waals surface area (Å²) in [4.78, 5) is 7.17. The van der Waals surface area contributed by atoms with Gasteiger partial charge in [-0.2, -0.15) is 0 Å². The molecule has 1 aliphatic heterocycles. The molecule has 1 heterocycles. The van der Waals surface area contributed by atoms with Crippen molar-refractivity contribution < 1.29 is 4.74 Å². The van der Waals surface area contributed by atoms with E-state index in [1.807, 2.05) is 0 Å². The Balaban J connectivity index is 0.00000264. The average molecular weight is 438 g/mol. The number of nitrogens with one attached hydrogen (secondary N) is 2. The summed E-state index contributed by atoms with van der Waals surface area (Å²) in [6.45, 7) is 9.12. The van der Waals surface area contributed by atoms with Crippen LogP contribution < -0.4 is 10.6 Å². The summed E-state index contributed by atoms with van der Waals surface area (Å²) in [7, 11) is 2.21. The molecule has 0 aromatic heterocycles. The number of piperidine rings is 1. The highest BCUT2D eigenvalue weighted by molar-refractivity contribution is 14.0. The van der Waals surface area contributed by atoms with E-state index in [0.29, 0.717) is 5.92 Å². The van der Waals surface area contributed by atoms with Crippen LogP contribution in [0.2, 0.25) is 0 Å². The standard InChI is InChI=1S/C17H34N4O.HI/c1-3-18-17(19-9-5-11-22-14-15-7-8-15)20-12-16-6-4-10-21(2)13-16;/h15-16H,3-14H2,1-2H3,(H2,18,19,20);1H. The molecule has 1 atom stereocenters. The van der Waals surface area contributed by atoms with Crippen LogP contribution in [0.25, 0.3) is 0 Å². The summed E-state index contributed by atoms with van der Waals surface area (Å²) in [5.74, 6) is 2.52. The van der Waals surface area contributed by atoms with Crippen LogP contribution in [0.5, 0.6) is 0 Å². The number of rotatable bonds is 9. The molecule has 5 nitrogen and oxygen atoms in total. The van der Waals surface area contributed by atoms with Crippen molar-refractivity contribution in [2.24, 2.45) is 16.8 Å². The highest BCUT2D eigenvalue weighted by Crippen LogP contribution is 2.28. The van der Waals surface area contributed by atoms with Gasteiger partial charge < -0.3 is 20.3 Å². The van der Waals surface area contributed by atoms with Gasteiger partial charge >= 0.3 is 0 Å². The summed E-state index contributed by atoms with van der Waals surface area (Å²) in [5.41, 5.74) is 0. The fourth-order valence-electron chi connectivity index (χ4n) is 2.90. The van der Waals surface area contributed by atoms with Gasteiger partial charge in [0, 0.05) is 39.4 Å². The van der Waals surface area contributed by atoms with Crippen LogP contribution in [0.3, 0.4) is 0 Å². The Bertz CT molecular complexity index is 337. The quantitative estimate of drug-likeness (QED) is 0.251. The van der Waals surface area contributed by atoms with E-state index in [9.17, 15) is 0 Å². The molecule has 0 amide bonds. The van der Waals surface area contributed by atoms with Crippen LogP contribution in [-0.2, 0) is 4.74 Å². The molecule has 6 heteroatoms. The second kappa shape index (κ2) is 12.3. The van der Waals surface area contributed by atoms with Crippen molar-refractivity contribution in [1.82, 2.24) is 15.5 Å². The number of hydrogen-bond donors (Lipinski definition) is 2. The Morgan fingerprint density at radius 3 is 2.74 bits per heavy atom. The molecule has 2 aliphatic rings. The number of aliphatic imine (C=N–C) groups is 1. The lowest BCUT2D eigenvalue weighted by Crippen LogP contribution is -2.39. The summed E-state index contributed by atoms with van der Waals surface area (Å²) in [6.07, 6.45) is 6.39. The Morgan fingerprint density at radius 2 is 2.04 bits per heavy atom. The van der Waals surface area contributed by atoms with Crippen LogP contribution in [0.15, 0.2) is 4.99 Å². The Labute approximate surface area is 159 Å². The minimum Gasteiger partial charge on any atom is -0.381 e.